The molecule has 0 spiro atoms. The van der Waals surface area contributed by atoms with Crippen LogP contribution in [0.3, 0.4) is 0 Å². The van der Waals surface area contributed by atoms with Crippen LogP contribution in [0.1, 0.15) is 28.1 Å². The quantitative estimate of drug-likeness (QED) is 0.391. The standard InChI is InChI=1S/C24H21FN2.ClH/c1-17-18(2)27(16-20-9-6-10-21(25)15-20)24-22(17)13-14-26-23(24)12-11-19-7-4-3-5-8-19;/h3-15H,16H2,1-2H3;1H/b12-11+;. The number of benzene rings is 2. The molecule has 4 aromatic rings. The molecule has 0 bridgehead atoms. The minimum absolute atomic E-state index is 0. The van der Waals surface area contributed by atoms with Gasteiger partial charge in [0.1, 0.15) is 5.82 Å². The van der Waals surface area contributed by atoms with Gasteiger partial charge in [0.25, 0.3) is 0 Å². The fourth-order valence-electron chi connectivity index (χ4n) is 3.50. The number of pyridine rings is 1. The molecule has 142 valence electrons. The molecule has 2 nitrogen and oxygen atoms in total. The van der Waals surface area contributed by atoms with E-state index in [0.29, 0.717) is 6.54 Å². The first kappa shape index (κ1) is 19.8. The highest BCUT2D eigenvalue weighted by Crippen LogP contribution is 2.29. The van der Waals surface area contributed by atoms with Crippen molar-refractivity contribution in [2.45, 2.75) is 20.4 Å². The Labute approximate surface area is 170 Å². The molecule has 0 unspecified atom stereocenters. The van der Waals surface area contributed by atoms with E-state index in [-0.39, 0.29) is 18.2 Å². The summed E-state index contributed by atoms with van der Waals surface area (Å²) in [7, 11) is 0. The number of hydrogen-bond donors (Lipinski definition) is 0. The van der Waals surface area contributed by atoms with E-state index in [1.807, 2.05) is 30.5 Å². The molecule has 0 amide bonds. The van der Waals surface area contributed by atoms with Crippen molar-refractivity contribution in [2.24, 2.45) is 0 Å². The van der Waals surface area contributed by atoms with Gasteiger partial charge in [0.15, 0.2) is 0 Å². The third kappa shape index (κ3) is 3.85. The van der Waals surface area contributed by atoms with E-state index in [9.17, 15) is 4.39 Å². The van der Waals surface area contributed by atoms with Gasteiger partial charge >= 0.3 is 0 Å². The van der Waals surface area contributed by atoms with E-state index >= 15 is 0 Å². The molecule has 0 atom stereocenters. The monoisotopic (exact) mass is 392 g/mol. The fraction of sp³-hybridized carbons (Fsp3) is 0.125. The first-order chi connectivity index (χ1) is 13.1. The largest absolute Gasteiger partial charge is 0.338 e. The SMILES string of the molecule is Cc1c(C)n(Cc2cccc(F)c2)c2c(/C=C/c3ccccc3)nccc12.Cl. The van der Waals surface area contributed by atoms with Crippen LogP contribution in [0.4, 0.5) is 4.39 Å². The van der Waals surface area contributed by atoms with Crippen molar-refractivity contribution in [1.82, 2.24) is 9.55 Å². The maximum absolute atomic E-state index is 13.6. The van der Waals surface area contributed by atoms with E-state index in [4.69, 9.17) is 0 Å². The van der Waals surface area contributed by atoms with Crippen LogP contribution >= 0.6 is 12.4 Å². The summed E-state index contributed by atoms with van der Waals surface area (Å²) in [5.74, 6) is -0.208. The lowest BCUT2D eigenvalue weighted by Gasteiger charge is -2.10. The fourth-order valence-corrected chi connectivity index (χ4v) is 3.50. The molecule has 0 saturated heterocycles. The second-order valence-electron chi connectivity index (χ2n) is 6.76. The van der Waals surface area contributed by atoms with Crippen LogP contribution < -0.4 is 0 Å². The predicted octanol–water partition coefficient (Wildman–Crippen LogP) is 6.43. The van der Waals surface area contributed by atoms with Gasteiger partial charge in [-0.2, -0.15) is 0 Å². The predicted molar refractivity (Wildman–Crippen MR) is 117 cm³/mol. The maximum atomic E-state index is 13.6. The zero-order valence-electron chi connectivity index (χ0n) is 15.9. The number of nitrogens with zero attached hydrogens (tertiary/aromatic N) is 2. The number of halogens is 2. The maximum Gasteiger partial charge on any atom is 0.123 e. The molecule has 0 aliphatic carbocycles. The van der Waals surface area contributed by atoms with Crippen molar-refractivity contribution >= 4 is 35.5 Å². The van der Waals surface area contributed by atoms with Crippen LogP contribution in [-0.2, 0) is 6.54 Å². The summed E-state index contributed by atoms with van der Waals surface area (Å²) in [6, 6.07) is 19.0. The van der Waals surface area contributed by atoms with Gasteiger partial charge in [-0.3, -0.25) is 4.98 Å². The van der Waals surface area contributed by atoms with E-state index in [0.717, 1.165) is 22.3 Å². The van der Waals surface area contributed by atoms with Crippen LogP contribution in [0.5, 0.6) is 0 Å². The molecule has 0 aliphatic rings. The summed E-state index contributed by atoms with van der Waals surface area (Å²) in [4.78, 5) is 4.61. The summed E-state index contributed by atoms with van der Waals surface area (Å²) < 4.78 is 15.9. The Morgan fingerprint density at radius 2 is 1.75 bits per heavy atom. The third-order valence-electron chi connectivity index (χ3n) is 5.04. The smallest absolute Gasteiger partial charge is 0.123 e. The van der Waals surface area contributed by atoms with Gasteiger partial charge in [-0.05, 0) is 54.8 Å². The highest BCUT2D eigenvalue weighted by Gasteiger charge is 2.14. The molecular formula is C24H22ClFN2. The molecule has 0 saturated carbocycles. The van der Waals surface area contributed by atoms with Crippen molar-refractivity contribution in [1.29, 1.82) is 0 Å². The lowest BCUT2D eigenvalue weighted by Crippen LogP contribution is -2.03. The third-order valence-corrected chi connectivity index (χ3v) is 5.04. The van der Waals surface area contributed by atoms with E-state index in [1.54, 1.807) is 12.1 Å². The zero-order chi connectivity index (χ0) is 18.8. The highest BCUT2D eigenvalue weighted by atomic mass is 35.5. The summed E-state index contributed by atoms with van der Waals surface area (Å²) >= 11 is 0. The van der Waals surface area contributed by atoms with Crippen molar-refractivity contribution in [3.05, 3.63) is 101 Å². The molecule has 28 heavy (non-hydrogen) atoms. The first-order valence-electron chi connectivity index (χ1n) is 9.05. The van der Waals surface area contributed by atoms with E-state index in [2.05, 4.69) is 53.7 Å². The Morgan fingerprint density at radius 3 is 2.50 bits per heavy atom. The average Bonchev–Trinajstić information content (AvgIpc) is 2.93. The number of fused-ring (bicyclic) bond motifs is 1. The molecule has 0 aliphatic heterocycles. The number of rotatable bonds is 4. The Bertz CT molecular complexity index is 1130. The summed E-state index contributed by atoms with van der Waals surface area (Å²) in [5, 5.41) is 1.19. The highest BCUT2D eigenvalue weighted by molar-refractivity contribution is 5.92. The molecule has 0 N–H and O–H groups in total. The van der Waals surface area contributed by atoms with E-state index in [1.165, 1.54) is 22.7 Å². The Hall–Kier alpha value is -2.91. The molecule has 2 heterocycles. The second kappa shape index (κ2) is 8.41. The lowest BCUT2D eigenvalue weighted by atomic mass is 10.1. The van der Waals surface area contributed by atoms with Gasteiger partial charge in [0, 0.05) is 23.8 Å². The summed E-state index contributed by atoms with van der Waals surface area (Å²) in [5.41, 5.74) is 6.49. The van der Waals surface area contributed by atoms with Crippen LogP contribution in [0.2, 0.25) is 0 Å². The number of aryl methyl sites for hydroxylation is 1. The molecule has 2 aromatic heterocycles. The minimum Gasteiger partial charge on any atom is -0.338 e. The summed E-state index contributed by atoms with van der Waals surface area (Å²) in [6.07, 6.45) is 5.98. The molecule has 2 aromatic carbocycles. The van der Waals surface area contributed by atoms with Gasteiger partial charge < -0.3 is 4.57 Å². The average molecular weight is 393 g/mol. The first-order valence-corrected chi connectivity index (χ1v) is 9.05. The molecule has 4 rings (SSSR count). The molecule has 0 radical (unpaired) electrons. The van der Waals surface area contributed by atoms with Gasteiger partial charge in [0.05, 0.1) is 11.2 Å². The summed E-state index contributed by atoms with van der Waals surface area (Å²) in [6.45, 7) is 4.86. The topological polar surface area (TPSA) is 17.8 Å². The van der Waals surface area contributed by atoms with Crippen LogP contribution in [0.15, 0.2) is 66.9 Å². The molecular weight excluding hydrogens is 371 g/mol. The lowest BCUT2D eigenvalue weighted by molar-refractivity contribution is 0.623. The van der Waals surface area contributed by atoms with Crippen LogP contribution in [-0.4, -0.2) is 9.55 Å². The van der Waals surface area contributed by atoms with Crippen LogP contribution in [0.25, 0.3) is 23.1 Å². The van der Waals surface area contributed by atoms with Crippen LogP contribution in [0, 0.1) is 19.7 Å². The van der Waals surface area contributed by atoms with Crippen molar-refractivity contribution in [3.63, 3.8) is 0 Å². The van der Waals surface area contributed by atoms with Crippen molar-refractivity contribution in [2.75, 3.05) is 0 Å². The zero-order valence-corrected chi connectivity index (χ0v) is 16.7. The van der Waals surface area contributed by atoms with E-state index < -0.39 is 0 Å². The number of aromatic nitrogens is 2. The number of hydrogen-bond acceptors (Lipinski definition) is 1. The van der Waals surface area contributed by atoms with Gasteiger partial charge in [-0.15, -0.1) is 12.4 Å². The van der Waals surface area contributed by atoms with Gasteiger partial charge in [0.2, 0.25) is 0 Å². The van der Waals surface area contributed by atoms with Gasteiger partial charge in [-0.25, -0.2) is 4.39 Å². The normalized spacial score (nSPS) is 11.1. The molecule has 0 fully saturated rings. The van der Waals surface area contributed by atoms with Gasteiger partial charge in [-0.1, -0.05) is 48.5 Å². The van der Waals surface area contributed by atoms with Crippen molar-refractivity contribution < 1.29 is 4.39 Å². The minimum atomic E-state index is -0.208. The second-order valence-corrected chi connectivity index (χ2v) is 6.76. The van der Waals surface area contributed by atoms with Crippen molar-refractivity contribution in [3.8, 4) is 0 Å². The molecule has 4 heteroatoms. The Kier molecular flexibility index (Phi) is 5.96. The Balaban J connectivity index is 0.00000225. The Morgan fingerprint density at radius 1 is 0.964 bits per heavy atom.